The van der Waals surface area contributed by atoms with Crippen LogP contribution in [0.3, 0.4) is 0 Å². The van der Waals surface area contributed by atoms with E-state index in [1.807, 2.05) is 0 Å². The number of carbonyl (C=O) groups excluding carboxylic acids is 1. The van der Waals surface area contributed by atoms with E-state index in [2.05, 4.69) is 16.9 Å². The fourth-order valence-corrected chi connectivity index (χ4v) is 1.51. The number of aldehydes is 1. The molecule has 2 aromatic rings. The van der Waals surface area contributed by atoms with Gasteiger partial charge in [0.2, 0.25) is 0 Å². The molecule has 0 amide bonds. The van der Waals surface area contributed by atoms with Gasteiger partial charge in [0.05, 0.1) is 0 Å². The van der Waals surface area contributed by atoms with Crippen LogP contribution in [0, 0.1) is 0 Å². The van der Waals surface area contributed by atoms with E-state index in [4.69, 9.17) is 0 Å². The first kappa shape index (κ1) is 11.1. The molecular weight excluding hydrogens is 218 g/mol. The largest absolute Gasteiger partial charge is 0.366 e. The van der Waals surface area contributed by atoms with Crippen LogP contribution in [0.1, 0.15) is 10.4 Å². The number of nitrogens with one attached hydrogen (secondary N) is 1. The molecule has 0 aromatic carbocycles. The zero-order valence-electron chi connectivity index (χ0n) is 9.09. The number of carbonyl (C=O) groups is 1. The van der Waals surface area contributed by atoms with Gasteiger partial charge in [-0.3, -0.25) is 14.0 Å². The molecule has 0 aliphatic rings. The highest BCUT2D eigenvalue weighted by molar-refractivity contribution is 5.82. The Kier molecular flexibility index (Phi) is 3.00. The predicted octanol–water partition coefficient (Wildman–Crippen LogP) is 1.10. The molecule has 0 saturated heterocycles. The van der Waals surface area contributed by atoms with Crippen molar-refractivity contribution >= 4 is 17.8 Å². The molecule has 2 aromatic heterocycles. The Labute approximate surface area is 97.4 Å². The van der Waals surface area contributed by atoms with Gasteiger partial charge in [-0.2, -0.15) is 0 Å². The van der Waals surface area contributed by atoms with E-state index in [0.29, 0.717) is 18.5 Å². The molecule has 0 radical (unpaired) electrons. The number of nitrogens with zero attached hydrogens (tertiary/aromatic N) is 2. The molecular formula is C12H11N3O2. The van der Waals surface area contributed by atoms with Crippen molar-refractivity contribution in [3.8, 4) is 0 Å². The summed E-state index contributed by atoms with van der Waals surface area (Å²) < 4.78 is 1.34. The van der Waals surface area contributed by atoms with Crippen molar-refractivity contribution in [1.29, 1.82) is 0 Å². The maximum absolute atomic E-state index is 12.0. The van der Waals surface area contributed by atoms with E-state index in [1.165, 1.54) is 4.40 Å². The summed E-state index contributed by atoms with van der Waals surface area (Å²) >= 11 is 0. The molecule has 1 N–H and O–H groups in total. The molecule has 2 rings (SSSR count). The standard InChI is InChI=1S/C12H11N3O2/c1-2-6-13-11-9(8-16)12(17)15-7-4-3-5-10(15)14-11/h2-5,7-8,13H,1,6H2. The monoisotopic (exact) mass is 229 g/mol. The van der Waals surface area contributed by atoms with Gasteiger partial charge in [0.1, 0.15) is 17.0 Å². The Balaban J connectivity index is 2.70. The lowest BCUT2D eigenvalue weighted by molar-refractivity contribution is 0.112. The molecule has 0 aliphatic heterocycles. The molecule has 0 fully saturated rings. The van der Waals surface area contributed by atoms with Crippen LogP contribution in [0.5, 0.6) is 0 Å². The summed E-state index contributed by atoms with van der Waals surface area (Å²) in [6.07, 6.45) is 3.72. The molecule has 0 bridgehead atoms. The van der Waals surface area contributed by atoms with E-state index in [1.54, 1.807) is 30.5 Å². The first-order chi connectivity index (χ1) is 8.27. The number of hydrogen-bond donors (Lipinski definition) is 1. The van der Waals surface area contributed by atoms with Crippen LogP contribution in [0.4, 0.5) is 5.82 Å². The predicted molar refractivity (Wildman–Crippen MR) is 65.5 cm³/mol. The fraction of sp³-hybridized carbons (Fsp3) is 0.0833. The van der Waals surface area contributed by atoms with Crippen molar-refractivity contribution in [2.24, 2.45) is 0 Å². The summed E-state index contributed by atoms with van der Waals surface area (Å²) in [5.74, 6) is 0.288. The second kappa shape index (κ2) is 4.61. The van der Waals surface area contributed by atoms with Crippen LogP contribution in [0.25, 0.3) is 5.65 Å². The van der Waals surface area contributed by atoms with Gasteiger partial charge in [-0.25, -0.2) is 4.98 Å². The number of rotatable bonds is 4. The lowest BCUT2D eigenvalue weighted by Gasteiger charge is -2.07. The quantitative estimate of drug-likeness (QED) is 0.630. The van der Waals surface area contributed by atoms with Crippen molar-refractivity contribution in [2.75, 3.05) is 11.9 Å². The molecule has 5 nitrogen and oxygen atoms in total. The van der Waals surface area contributed by atoms with E-state index in [0.717, 1.165) is 0 Å². The summed E-state index contributed by atoms with van der Waals surface area (Å²) in [4.78, 5) is 27.1. The molecule has 0 atom stereocenters. The van der Waals surface area contributed by atoms with E-state index >= 15 is 0 Å². The number of fused-ring (bicyclic) bond motifs is 1. The molecule has 2 heterocycles. The van der Waals surface area contributed by atoms with Crippen molar-refractivity contribution in [3.05, 3.63) is 53.0 Å². The number of anilines is 1. The van der Waals surface area contributed by atoms with Crippen LogP contribution in [0.15, 0.2) is 41.8 Å². The summed E-state index contributed by atoms with van der Waals surface area (Å²) in [5, 5.41) is 2.87. The Morgan fingerprint density at radius 3 is 3.00 bits per heavy atom. The molecule has 0 spiro atoms. The average Bonchev–Trinajstić information content (AvgIpc) is 2.36. The Hall–Kier alpha value is -2.43. The second-order valence-corrected chi connectivity index (χ2v) is 3.40. The van der Waals surface area contributed by atoms with Gasteiger partial charge in [-0.15, -0.1) is 6.58 Å². The zero-order chi connectivity index (χ0) is 12.3. The van der Waals surface area contributed by atoms with Crippen molar-refractivity contribution in [3.63, 3.8) is 0 Å². The molecule has 5 heteroatoms. The van der Waals surface area contributed by atoms with Gasteiger partial charge in [0.15, 0.2) is 6.29 Å². The summed E-state index contributed by atoms with van der Waals surface area (Å²) in [6.45, 7) is 3.99. The summed E-state index contributed by atoms with van der Waals surface area (Å²) in [7, 11) is 0. The van der Waals surface area contributed by atoms with E-state index in [-0.39, 0.29) is 16.9 Å². The molecule has 0 unspecified atom stereocenters. The van der Waals surface area contributed by atoms with Gasteiger partial charge < -0.3 is 5.32 Å². The first-order valence-electron chi connectivity index (χ1n) is 5.09. The minimum Gasteiger partial charge on any atom is -0.366 e. The van der Waals surface area contributed by atoms with Crippen LogP contribution >= 0.6 is 0 Å². The molecule has 0 saturated carbocycles. The maximum atomic E-state index is 12.0. The van der Waals surface area contributed by atoms with Gasteiger partial charge in [0.25, 0.3) is 5.56 Å². The highest BCUT2D eigenvalue weighted by Crippen LogP contribution is 2.08. The number of hydrogen-bond acceptors (Lipinski definition) is 4. The normalized spacial score (nSPS) is 10.1. The summed E-state index contributed by atoms with van der Waals surface area (Å²) in [6, 6.07) is 5.19. The van der Waals surface area contributed by atoms with Gasteiger partial charge in [-0.1, -0.05) is 12.1 Å². The highest BCUT2D eigenvalue weighted by Gasteiger charge is 2.10. The topological polar surface area (TPSA) is 63.5 Å². The minimum atomic E-state index is -0.378. The Morgan fingerprint density at radius 1 is 1.47 bits per heavy atom. The second-order valence-electron chi connectivity index (χ2n) is 3.40. The zero-order valence-corrected chi connectivity index (χ0v) is 9.09. The maximum Gasteiger partial charge on any atom is 0.270 e. The van der Waals surface area contributed by atoms with Crippen LogP contribution in [-0.4, -0.2) is 22.2 Å². The van der Waals surface area contributed by atoms with Crippen molar-refractivity contribution < 1.29 is 4.79 Å². The van der Waals surface area contributed by atoms with E-state index < -0.39 is 0 Å². The first-order valence-corrected chi connectivity index (χ1v) is 5.09. The molecule has 0 aliphatic carbocycles. The van der Waals surface area contributed by atoms with Gasteiger partial charge >= 0.3 is 0 Å². The van der Waals surface area contributed by atoms with Crippen molar-refractivity contribution in [2.45, 2.75) is 0 Å². The third kappa shape index (κ3) is 1.94. The Bertz CT molecular complexity index is 631. The molecule has 17 heavy (non-hydrogen) atoms. The van der Waals surface area contributed by atoms with E-state index in [9.17, 15) is 9.59 Å². The molecule has 86 valence electrons. The van der Waals surface area contributed by atoms with Crippen LogP contribution in [0.2, 0.25) is 0 Å². The lowest BCUT2D eigenvalue weighted by atomic mass is 10.3. The smallest absolute Gasteiger partial charge is 0.270 e. The minimum absolute atomic E-state index is 0.0237. The third-order valence-corrected chi connectivity index (χ3v) is 2.30. The highest BCUT2D eigenvalue weighted by atomic mass is 16.1. The Morgan fingerprint density at radius 2 is 2.29 bits per heavy atom. The lowest BCUT2D eigenvalue weighted by Crippen LogP contribution is -2.22. The van der Waals surface area contributed by atoms with Crippen molar-refractivity contribution in [1.82, 2.24) is 9.38 Å². The third-order valence-electron chi connectivity index (χ3n) is 2.30. The SMILES string of the molecule is C=CCNc1nc2ccccn2c(=O)c1C=O. The summed E-state index contributed by atoms with van der Waals surface area (Å²) in [5.41, 5.74) is 0.141. The number of aromatic nitrogens is 2. The van der Waals surface area contributed by atoms with Gasteiger partial charge in [0, 0.05) is 12.7 Å². The van der Waals surface area contributed by atoms with Crippen LogP contribution in [-0.2, 0) is 0 Å². The fourth-order valence-electron chi connectivity index (χ4n) is 1.51. The van der Waals surface area contributed by atoms with Gasteiger partial charge in [-0.05, 0) is 12.1 Å². The average molecular weight is 229 g/mol. The van der Waals surface area contributed by atoms with Crippen LogP contribution < -0.4 is 10.9 Å². The number of pyridine rings is 1.